The van der Waals surface area contributed by atoms with Gasteiger partial charge in [-0.2, -0.15) is 0 Å². The first kappa shape index (κ1) is 11.2. The highest BCUT2D eigenvalue weighted by molar-refractivity contribution is 6.05. The highest BCUT2D eigenvalue weighted by atomic mass is 16.3. The molecule has 0 aliphatic heterocycles. The number of phenols is 1. The lowest BCUT2D eigenvalue weighted by molar-refractivity contribution is 0.102. The molecule has 0 radical (unpaired) electrons. The Kier molecular flexibility index (Phi) is 3.10. The molecule has 0 saturated carbocycles. The van der Waals surface area contributed by atoms with Crippen LogP contribution in [0.4, 0.5) is 5.69 Å². The molecule has 0 bridgehead atoms. The Balaban J connectivity index is 2.20. The van der Waals surface area contributed by atoms with Crippen LogP contribution in [0.25, 0.3) is 0 Å². The first-order chi connectivity index (χ1) is 8.16. The molecule has 0 heterocycles. The smallest absolute Gasteiger partial charge is 0.255 e. The Bertz CT molecular complexity index is 549. The van der Waals surface area contributed by atoms with E-state index >= 15 is 0 Å². The molecule has 0 spiro atoms. The van der Waals surface area contributed by atoms with Crippen LogP contribution in [0.3, 0.4) is 0 Å². The Hall–Kier alpha value is -2.29. The van der Waals surface area contributed by atoms with Crippen molar-refractivity contribution in [2.24, 2.45) is 0 Å². The molecule has 2 N–H and O–H groups in total. The van der Waals surface area contributed by atoms with E-state index in [2.05, 4.69) is 5.32 Å². The molecule has 3 nitrogen and oxygen atoms in total. The number of nitrogens with one attached hydrogen (secondary N) is 1. The predicted octanol–water partition coefficient (Wildman–Crippen LogP) is 2.95. The summed E-state index contributed by atoms with van der Waals surface area (Å²) in [6.07, 6.45) is 0. The van der Waals surface area contributed by atoms with Crippen molar-refractivity contribution in [3.05, 3.63) is 59.7 Å². The van der Waals surface area contributed by atoms with Crippen LogP contribution >= 0.6 is 0 Å². The number of phenolic OH excluding ortho intramolecular Hbond substituents is 1. The van der Waals surface area contributed by atoms with Gasteiger partial charge in [-0.15, -0.1) is 0 Å². The van der Waals surface area contributed by atoms with Gasteiger partial charge in [0, 0.05) is 17.3 Å². The van der Waals surface area contributed by atoms with Crippen LogP contribution in [0.15, 0.2) is 48.5 Å². The van der Waals surface area contributed by atoms with Crippen molar-refractivity contribution < 1.29 is 9.90 Å². The first-order valence-electron chi connectivity index (χ1n) is 5.33. The summed E-state index contributed by atoms with van der Waals surface area (Å²) in [4.78, 5) is 12.0. The van der Waals surface area contributed by atoms with Gasteiger partial charge in [0.25, 0.3) is 5.91 Å². The van der Waals surface area contributed by atoms with Crippen LogP contribution in [-0.4, -0.2) is 11.0 Å². The molecule has 0 aliphatic rings. The van der Waals surface area contributed by atoms with E-state index in [-0.39, 0.29) is 11.7 Å². The molecule has 3 heteroatoms. The van der Waals surface area contributed by atoms with Gasteiger partial charge in [-0.3, -0.25) is 4.79 Å². The maximum Gasteiger partial charge on any atom is 0.255 e. The third-order valence-electron chi connectivity index (χ3n) is 2.49. The normalized spacial score (nSPS) is 9.94. The van der Waals surface area contributed by atoms with Crippen molar-refractivity contribution in [2.75, 3.05) is 5.32 Å². The lowest BCUT2D eigenvalue weighted by atomic mass is 10.1. The molecule has 0 saturated heterocycles. The number of carbonyl (C=O) groups excluding carboxylic acids is 1. The van der Waals surface area contributed by atoms with E-state index < -0.39 is 0 Å². The Morgan fingerprint density at radius 1 is 1.12 bits per heavy atom. The Morgan fingerprint density at radius 3 is 2.59 bits per heavy atom. The van der Waals surface area contributed by atoms with Gasteiger partial charge in [-0.05, 0) is 30.7 Å². The quantitative estimate of drug-likeness (QED) is 0.828. The lowest BCUT2D eigenvalue weighted by Gasteiger charge is -2.07. The van der Waals surface area contributed by atoms with Gasteiger partial charge in [-0.25, -0.2) is 0 Å². The SMILES string of the molecule is Cc1ccccc1C(=O)Nc1cccc(O)c1. The molecule has 86 valence electrons. The average molecular weight is 227 g/mol. The number of amides is 1. The predicted molar refractivity (Wildman–Crippen MR) is 67.2 cm³/mol. The molecular formula is C14H13NO2. The lowest BCUT2D eigenvalue weighted by Crippen LogP contribution is -2.13. The largest absolute Gasteiger partial charge is 0.508 e. The van der Waals surface area contributed by atoms with Crippen molar-refractivity contribution in [3.8, 4) is 5.75 Å². The fraction of sp³-hybridized carbons (Fsp3) is 0.0714. The molecule has 0 fully saturated rings. The standard InChI is InChI=1S/C14H13NO2/c1-10-5-2-3-8-13(10)14(17)15-11-6-4-7-12(16)9-11/h2-9,16H,1H3,(H,15,17). The fourth-order valence-corrected chi connectivity index (χ4v) is 1.61. The molecule has 2 aromatic rings. The van der Waals surface area contributed by atoms with E-state index in [4.69, 9.17) is 0 Å². The average Bonchev–Trinajstić information content (AvgIpc) is 2.29. The number of aryl methyl sites for hydroxylation is 1. The minimum Gasteiger partial charge on any atom is -0.508 e. The highest BCUT2D eigenvalue weighted by Crippen LogP contribution is 2.17. The summed E-state index contributed by atoms with van der Waals surface area (Å²) in [6, 6.07) is 13.9. The summed E-state index contributed by atoms with van der Waals surface area (Å²) in [5.74, 6) is -0.0405. The summed E-state index contributed by atoms with van der Waals surface area (Å²) in [7, 11) is 0. The van der Waals surface area contributed by atoms with Crippen molar-refractivity contribution in [3.63, 3.8) is 0 Å². The number of hydrogen-bond donors (Lipinski definition) is 2. The number of benzene rings is 2. The van der Waals surface area contributed by atoms with Crippen LogP contribution in [0.2, 0.25) is 0 Å². The van der Waals surface area contributed by atoms with Crippen molar-refractivity contribution in [2.45, 2.75) is 6.92 Å². The van der Waals surface area contributed by atoms with Gasteiger partial charge in [0.05, 0.1) is 0 Å². The van der Waals surface area contributed by atoms with Crippen LogP contribution in [0, 0.1) is 6.92 Å². The van der Waals surface area contributed by atoms with Gasteiger partial charge >= 0.3 is 0 Å². The monoisotopic (exact) mass is 227 g/mol. The zero-order valence-electron chi connectivity index (χ0n) is 9.47. The molecule has 0 aliphatic carbocycles. The highest BCUT2D eigenvalue weighted by Gasteiger charge is 2.08. The molecular weight excluding hydrogens is 214 g/mol. The summed E-state index contributed by atoms with van der Waals surface area (Å²) in [6.45, 7) is 1.89. The maximum atomic E-state index is 12.0. The Labute approximate surface area is 99.7 Å². The number of carbonyl (C=O) groups is 1. The third-order valence-corrected chi connectivity index (χ3v) is 2.49. The summed E-state index contributed by atoms with van der Waals surface area (Å²) < 4.78 is 0. The van der Waals surface area contributed by atoms with E-state index in [1.165, 1.54) is 6.07 Å². The second kappa shape index (κ2) is 4.70. The van der Waals surface area contributed by atoms with Gasteiger partial charge in [0.2, 0.25) is 0 Å². The molecule has 0 atom stereocenters. The first-order valence-corrected chi connectivity index (χ1v) is 5.33. The maximum absolute atomic E-state index is 12.0. The zero-order valence-corrected chi connectivity index (χ0v) is 9.47. The minimum atomic E-state index is -0.172. The summed E-state index contributed by atoms with van der Waals surface area (Å²) in [5, 5.41) is 12.0. The summed E-state index contributed by atoms with van der Waals surface area (Å²) >= 11 is 0. The molecule has 2 rings (SSSR count). The molecule has 1 amide bonds. The third kappa shape index (κ3) is 2.64. The van der Waals surface area contributed by atoms with E-state index in [1.807, 2.05) is 25.1 Å². The zero-order chi connectivity index (χ0) is 12.3. The van der Waals surface area contributed by atoms with E-state index in [9.17, 15) is 9.90 Å². The number of anilines is 1. The fourth-order valence-electron chi connectivity index (χ4n) is 1.61. The second-order valence-electron chi connectivity index (χ2n) is 3.82. The van der Waals surface area contributed by atoms with Gasteiger partial charge < -0.3 is 10.4 Å². The van der Waals surface area contributed by atoms with Crippen molar-refractivity contribution >= 4 is 11.6 Å². The van der Waals surface area contributed by atoms with Crippen LogP contribution in [0.1, 0.15) is 15.9 Å². The topological polar surface area (TPSA) is 49.3 Å². The second-order valence-corrected chi connectivity index (χ2v) is 3.82. The van der Waals surface area contributed by atoms with E-state index in [0.717, 1.165) is 5.56 Å². The number of hydrogen-bond acceptors (Lipinski definition) is 2. The minimum absolute atomic E-state index is 0.132. The van der Waals surface area contributed by atoms with Crippen LogP contribution in [0.5, 0.6) is 5.75 Å². The molecule has 2 aromatic carbocycles. The molecule has 17 heavy (non-hydrogen) atoms. The molecule has 0 aromatic heterocycles. The van der Waals surface area contributed by atoms with Gasteiger partial charge in [-0.1, -0.05) is 24.3 Å². The Morgan fingerprint density at radius 2 is 1.88 bits per heavy atom. The number of rotatable bonds is 2. The molecule has 0 unspecified atom stereocenters. The van der Waals surface area contributed by atoms with E-state index in [1.54, 1.807) is 24.3 Å². The van der Waals surface area contributed by atoms with Crippen molar-refractivity contribution in [1.29, 1.82) is 0 Å². The van der Waals surface area contributed by atoms with Crippen molar-refractivity contribution in [1.82, 2.24) is 0 Å². The van der Waals surface area contributed by atoms with E-state index in [0.29, 0.717) is 11.3 Å². The summed E-state index contributed by atoms with van der Waals surface area (Å²) in [5.41, 5.74) is 2.14. The van der Waals surface area contributed by atoms with Crippen LogP contribution in [-0.2, 0) is 0 Å². The number of aromatic hydroxyl groups is 1. The van der Waals surface area contributed by atoms with Gasteiger partial charge in [0.1, 0.15) is 5.75 Å². The van der Waals surface area contributed by atoms with Crippen LogP contribution < -0.4 is 5.32 Å². The van der Waals surface area contributed by atoms with Gasteiger partial charge in [0.15, 0.2) is 0 Å².